The first-order valence-electron chi connectivity index (χ1n) is 8.85. The van der Waals surface area contributed by atoms with Gasteiger partial charge in [0, 0.05) is 12.2 Å². The molecule has 0 bridgehead atoms. The second kappa shape index (κ2) is 6.94. The van der Waals surface area contributed by atoms with Gasteiger partial charge in [-0.1, -0.05) is 24.3 Å². The summed E-state index contributed by atoms with van der Waals surface area (Å²) in [6, 6.07) is 12.7. The van der Waals surface area contributed by atoms with Crippen molar-refractivity contribution in [3.05, 3.63) is 59.2 Å². The van der Waals surface area contributed by atoms with Gasteiger partial charge >= 0.3 is 12.6 Å². The van der Waals surface area contributed by atoms with Crippen LogP contribution in [0.1, 0.15) is 35.6 Å². The summed E-state index contributed by atoms with van der Waals surface area (Å²) < 4.78 is 29.3. The number of para-hydroxylation sites is 1. The lowest BCUT2D eigenvalue weighted by molar-refractivity contribution is -0.0499. The standard InChI is InChI=1S/C20H20F2N2O2/c21-19(22)26-15-8-9-16-14(12-15)5-3-6-17(16)23-20(25)24-11-10-13-4-1-2-7-18(13)24/h1-2,4,7-9,12,17,19H,3,5-6,10-11H2,(H,23,25). The Morgan fingerprint density at radius 3 is 2.85 bits per heavy atom. The van der Waals surface area contributed by atoms with Crippen LogP contribution in [0.5, 0.6) is 5.75 Å². The number of hydrogen-bond acceptors (Lipinski definition) is 2. The zero-order valence-corrected chi connectivity index (χ0v) is 14.3. The van der Waals surface area contributed by atoms with Gasteiger partial charge in [0.15, 0.2) is 0 Å². The Kier molecular flexibility index (Phi) is 4.49. The molecular formula is C20H20F2N2O2. The summed E-state index contributed by atoms with van der Waals surface area (Å²) in [5.74, 6) is 0.166. The molecule has 2 amide bonds. The molecule has 2 aromatic rings. The highest BCUT2D eigenvalue weighted by Crippen LogP contribution is 2.34. The fourth-order valence-electron chi connectivity index (χ4n) is 3.89. The fourth-order valence-corrected chi connectivity index (χ4v) is 3.89. The minimum absolute atomic E-state index is 0.110. The zero-order chi connectivity index (χ0) is 18.1. The molecule has 1 aliphatic heterocycles. The molecular weight excluding hydrogens is 338 g/mol. The minimum atomic E-state index is -2.83. The molecule has 0 saturated heterocycles. The van der Waals surface area contributed by atoms with Crippen LogP contribution in [0.15, 0.2) is 42.5 Å². The quantitative estimate of drug-likeness (QED) is 0.881. The Bertz CT molecular complexity index is 825. The number of carbonyl (C=O) groups is 1. The van der Waals surface area contributed by atoms with Gasteiger partial charge in [-0.3, -0.25) is 4.90 Å². The first-order valence-corrected chi connectivity index (χ1v) is 8.85. The van der Waals surface area contributed by atoms with Gasteiger partial charge in [-0.25, -0.2) is 4.79 Å². The van der Waals surface area contributed by atoms with E-state index in [4.69, 9.17) is 0 Å². The van der Waals surface area contributed by atoms with Gasteiger partial charge in [0.05, 0.1) is 6.04 Å². The van der Waals surface area contributed by atoms with Crippen molar-refractivity contribution in [2.45, 2.75) is 38.3 Å². The number of carbonyl (C=O) groups excluding carboxylic acids is 1. The highest BCUT2D eigenvalue weighted by Gasteiger charge is 2.28. The predicted octanol–water partition coefficient (Wildman–Crippen LogP) is 4.44. The molecule has 0 saturated carbocycles. The number of amides is 2. The monoisotopic (exact) mass is 358 g/mol. The molecule has 1 heterocycles. The Labute approximate surface area is 150 Å². The van der Waals surface area contributed by atoms with Crippen molar-refractivity contribution in [2.24, 2.45) is 0 Å². The highest BCUT2D eigenvalue weighted by molar-refractivity contribution is 5.94. The topological polar surface area (TPSA) is 41.6 Å². The molecule has 1 aliphatic carbocycles. The van der Waals surface area contributed by atoms with Crippen LogP contribution < -0.4 is 15.0 Å². The third-order valence-corrected chi connectivity index (χ3v) is 5.08. The maximum atomic E-state index is 12.8. The van der Waals surface area contributed by atoms with E-state index in [9.17, 15) is 13.6 Å². The number of ether oxygens (including phenoxy) is 1. The first-order chi connectivity index (χ1) is 12.6. The molecule has 4 nitrogen and oxygen atoms in total. The lowest BCUT2D eigenvalue weighted by Crippen LogP contribution is -2.41. The normalized spacial score (nSPS) is 18.4. The molecule has 0 aromatic heterocycles. The van der Waals surface area contributed by atoms with Crippen molar-refractivity contribution in [1.29, 1.82) is 0 Å². The van der Waals surface area contributed by atoms with Crippen LogP contribution in [-0.4, -0.2) is 19.2 Å². The van der Waals surface area contributed by atoms with E-state index in [0.29, 0.717) is 6.54 Å². The van der Waals surface area contributed by atoms with Crippen molar-refractivity contribution < 1.29 is 18.3 Å². The number of halogens is 2. The number of hydrogen-bond donors (Lipinski definition) is 1. The minimum Gasteiger partial charge on any atom is -0.435 e. The van der Waals surface area contributed by atoms with E-state index in [-0.39, 0.29) is 17.8 Å². The van der Waals surface area contributed by atoms with Gasteiger partial charge in [-0.05, 0) is 60.6 Å². The molecule has 1 N–H and O–H groups in total. The number of urea groups is 1. The Hall–Kier alpha value is -2.63. The summed E-state index contributed by atoms with van der Waals surface area (Å²) in [6.07, 6.45) is 3.39. The summed E-state index contributed by atoms with van der Waals surface area (Å²) in [5.41, 5.74) is 4.09. The van der Waals surface area contributed by atoms with E-state index in [1.54, 1.807) is 23.1 Å². The van der Waals surface area contributed by atoms with Crippen LogP contribution in [0, 0.1) is 0 Å². The number of nitrogens with zero attached hydrogens (tertiary/aromatic N) is 1. The smallest absolute Gasteiger partial charge is 0.387 e. The van der Waals surface area contributed by atoms with Gasteiger partial charge in [-0.2, -0.15) is 8.78 Å². The second-order valence-electron chi connectivity index (χ2n) is 6.66. The van der Waals surface area contributed by atoms with E-state index >= 15 is 0 Å². The molecule has 4 rings (SSSR count). The average Bonchev–Trinajstić information content (AvgIpc) is 3.05. The van der Waals surface area contributed by atoms with E-state index in [0.717, 1.165) is 42.5 Å². The summed E-state index contributed by atoms with van der Waals surface area (Å²) in [4.78, 5) is 14.6. The number of benzene rings is 2. The summed E-state index contributed by atoms with van der Waals surface area (Å²) in [5, 5.41) is 3.12. The maximum Gasteiger partial charge on any atom is 0.387 e. The molecule has 2 aromatic carbocycles. The molecule has 1 atom stereocenters. The lowest BCUT2D eigenvalue weighted by Gasteiger charge is -2.29. The van der Waals surface area contributed by atoms with E-state index in [1.165, 1.54) is 5.56 Å². The second-order valence-corrected chi connectivity index (χ2v) is 6.66. The summed E-state index contributed by atoms with van der Waals surface area (Å²) >= 11 is 0. The van der Waals surface area contributed by atoms with Crippen molar-refractivity contribution in [2.75, 3.05) is 11.4 Å². The maximum absolute atomic E-state index is 12.8. The fraction of sp³-hybridized carbons (Fsp3) is 0.350. The molecule has 136 valence electrons. The molecule has 1 unspecified atom stereocenters. The third kappa shape index (κ3) is 3.23. The third-order valence-electron chi connectivity index (χ3n) is 5.08. The van der Waals surface area contributed by atoms with E-state index in [1.807, 2.05) is 24.3 Å². The number of rotatable bonds is 3. The van der Waals surface area contributed by atoms with Gasteiger partial charge in [0.25, 0.3) is 0 Å². The molecule has 6 heteroatoms. The van der Waals surface area contributed by atoms with E-state index in [2.05, 4.69) is 10.1 Å². The molecule has 2 aliphatic rings. The summed E-state index contributed by atoms with van der Waals surface area (Å²) in [6.45, 7) is -2.16. The van der Waals surface area contributed by atoms with Crippen molar-refractivity contribution in [3.63, 3.8) is 0 Å². The van der Waals surface area contributed by atoms with Crippen LogP contribution in [0.4, 0.5) is 19.3 Å². The number of alkyl halides is 2. The number of aryl methyl sites for hydroxylation is 1. The molecule has 0 spiro atoms. The van der Waals surface area contributed by atoms with Crippen LogP contribution in [0.2, 0.25) is 0 Å². The van der Waals surface area contributed by atoms with Gasteiger partial charge in [0.2, 0.25) is 0 Å². The summed E-state index contributed by atoms with van der Waals surface area (Å²) in [7, 11) is 0. The SMILES string of the molecule is O=C(NC1CCCc2cc(OC(F)F)ccc21)N1CCc2ccccc21. The van der Waals surface area contributed by atoms with Crippen LogP contribution in [0.25, 0.3) is 0 Å². The molecule has 0 fully saturated rings. The predicted molar refractivity (Wildman–Crippen MR) is 94.8 cm³/mol. The number of nitrogens with one attached hydrogen (secondary N) is 1. The van der Waals surface area contributed by atoms with Gasteiger partial charge in [0.1, 0.15) is 5.75 Å². The molecule has 26 heavy (non-hydrogen) atoms. The van der Waals surface area contributed by atoms with Gasteiger partial charge < -0.3 is 10.1 Å². The Morgan fingerprint density at radius 1 is 1.15 bits per heavy atom. The van der Waals surface area contributed by atoms with Gasteiger partial charge in [-0.15, -0.1) is 0 Å². The number of fused-ring (bicyclic) bond motifs is 2. The Morgan fingerprint density at radius 2 is 2.00 bits per heavy atom. The first kappa shape index (κ1) is 16.8. The number of anilines is 1. The van der Waals surface area contributed by atoms with Crippen molar-refractivity contribution >= 4 is 11.7 Å². The van der Waals surface area contributed by atoms with Crippen LogP contribution >= 0.6 is 0 Å². The zero-order valence-electron chi connectivity index (χ0n) is 14.3. The van der Waals surface area contributed by atoms with E-state index < -0.39 is 6.61 Å². The van der Waals surface area contributed by atoms with Crippen molar-refractivity contribution in [1.82, 2.24) is 5.32 Å². The average molecular weight is 358 g/mol. The largest absolute Gasteiger partial charge is 0.435 e. The Balaban J connectivity index is 1.51. The molecule has 0 radical (unpaired) electrons. The van der Waals surface area contributed by atoms with Crippen LogP contribution in [-0.2, 0) is 12.8 Å². The van der Waals surface area contributed by atoms with Crippen LogP contribution in [0.3, 0.4) is 0 Å². The highest BCUT2D eigenvalue weighted by atomic mass is 19.3. The van der Waals surface area contributed by atoms with Crippen molar-refractivity contribution in [3.8, 4) is 5.75 Å². The lowest BCUT2D eigenvalue weighted by atomic mass is 9.87.